The molecule has 2 aliphatic heterocycles. The van der Waals surface area contributed by atoms with Gasteiger partial charge in [0.25, 0.3) is 11.7 Å². The monoisotopic (exact) mass is 518 g/mol. The molecule has 0 saturated carbocycles. The molecule has 0 radical (unpaired) electrons. The fourth-order valence-electron chi connectivity index (χ4n) is 5.10. The number of aliphatic hydroxyl groups excluding tert-OH is 1. The van der Waals surface area contributed by atoms with Crippen LogP contribution in [0.1, 0.15) is 54.5 Å². The molecule has 4 rings (SSSR count). The predicted octanol–water partition coefficient (Wildman–Crippen LogP) is 4.83. The number of carbonyl (C=O) groups is 2. The number of nitrogens with zero attached hydrogens (tertiary/aromatic N) is 2. The minimum atomic E-state index is -0.656. The Morgan fingerprint density at radius 3 is 2.47 bits per heavy atom. The summed E-state index contributed by atoms with van der Waals surface area (Å²) >= 11 is 0. The van der Waals surface area contributed by atoms with E-state index in [9.17, 15) is 14.7 Å². The molecule has 0 aliphatic carbocycles. The van der Waals surface area contributed by atoms with E-state index in [0.29, 0.717) is 43.6 Å². The van der Waals surface area contributed by atoms with Crippen molar-refractivity contribution < 1.29 is 24.2 Å². The molecule has 2 aromatic rings. The van der Waals surface area contributed by atoms with Gasteiger partial charge in [0.05, 0.1) is 24.8 Å². The summed E-state index contributed by atoms with van der Waals surface area (Å²) in [5.74, 6) is -0.394. The van der Waals surface area contributed by atoms with Crippen molar-refractivity contribution in [3.05, 3.63) is 82.9 Å². The van der Waals surface area contributed by atoms with Crippen molar-refractivity contribution in [3.8, 4) is 5.75 Å². The van der Waals surface area contributed by atoms with Crippen LogP contribution in [-0.2, 0) is 14.3 Å². The topological polar surface area (TPSA) is 79.3 Å². The van der Waals surface area contributed by atoms with E-state index in [1.807, 2.05) is 37.3 Å². The first-order valence-electron chi connectivity index (χ1n) is 13.3. The number of carbonyl (C=O) groups excluding carboxylic acids is 2. The van der Waals surface area contributed by atoms with Crippen LogP contribution in [0.4, 0.5) is 0 Å². The second-order valence-corrected chi connectivity index (χ2v) is 10.2. The number of benzene rings is 2. The number of likely N-dealkylation sites (tertiary alicyclic amines) is 1. The lowest BCUT2D eigenvalue weighted by Crippen LogP contribution is -2.38. The summed E-state index contributed by atoms with van der Waals surface area (Å²) in [6, 6.07) is 12.6. The van der Waals surface area contributed by atoms with E-state index in [4.69, 9.17) is 9.47 Å². The molecule has 0 aromatic heterocycles. The summed E-state index contributed by atoms with van der Waals surface area (Å²) in [6.07, 6.45) is 2.39. The Morgan fingerprint density at radius 2 is 1.84 bits per heavy atom. The highest BCUT2D eigenvalue weighted by atomic mass is 16.5. The first-order valence-corrected chi connectivity index (χ1v) is 13.3. The molecule has 7 heteroatoms. The summed E-state index contributed by atoms with van der Waals surface area (Å²) in [5, 5.41) is 11.5. The normalized spacial score (nSPS) is 19.8. The summed E-state index contributed by atoms with van der Waals surface area (Å²) in [5.41, 5.74) is 3.36. The van der Waals surface area contributed by atoms with Gasteiger partial charge in [0, 0.05) is 31.7 Å². The van der Waals surface area contributed by atoms with Gasteiger partial charge in [-0.3, -0.25) is 14.5 Å². The molecule has 202 valence electrons. The zero-order valence-corrected chi connectivity index (χ0v) is 22.6. The molecule has 1 atom stereocenters. The fourth-order valence-corrected chi connectivity index (χ4v) is 5.10. The third-order valence-corrected chi connectivity index (χ3v) is 7.26. The maximum Gasteiger partial charge on any atom is 0.295 e. The van der Waals surface area contributed by atoms with E-state index >= 15 is 0 Å². The van der Waals surface area contributed by atoms with E-state index in [2.05, 4.69) is 25.3 Å². The van der Waals surface area contributed by atoms with E-state index in [-0.39, 0.29) is 11.3 Å². The smallest absolute Gasteiger partial charge is 0.295 e. The molecule has 2 saturated heterocycles. The molecule has 7 nitrogen and oxygen atoms in total. The quantitative estimate of drug-likeness (QED) is 0.210. The van der Waals surface area contributed by atoms with Crippen LogP contribution in [0.2, 0.25) is 0 Å². The van der Waals surface area contributed by atoms with Crippen molar-refractivity contribution in [1.29, 1.82) is 0 Å². The molecule has 1 unspecified atom stereocenters. The largest absolute Gasteiger partial charge is 0.507 e. The molecule has 2 fully saturated rings. The SMILES string of the molecule is C=CCOc1ccc(C(O)=C2C(=O)C(=O)N(CCCN3CCOCC3)C2c2ccc(C(C)C)cc2)c(C)c1. The predicted molar refractivity (Wildman–Crippen MR) is 148 cm³/mol. The number of aryl methyl sites for hydroxylation is 1. The van der Waals surface area contributed by atoms with Gasteiger partial charge in [0.15, 0.2) is 0 Å². The highest BCUT2D eigenvalue weighted by molar-refractivity contribution is 6.46. The Balaban J connectivity index is 1.69. The van der Waals surface area contributed by atoms with Crippen LogP contribution in [0.25, 0.3) is 5.76 Å². The number of hydrogen-bond acceptors (Lipinski definition) is 6. The summed E-state index contributed by atoms with van der Waals surface area (Å²) in [7, 11) is 0. The van der Waals surface area contributed by atoms with Crippen LogP contribution in [0, 0.1) is 6.92 Å². The zero-order chi connectivity index (χ0) is 27.2. The molecule has 1 N–H and O–H groups in total. The number of aliphatic hydroxyl groups is 1. The van der Waals surface area contributed by atoms with Gasteiger partial charge in [-0.15, -0.1) is 0 Å². The lowest BCUT2D eigenvalue weighted by atomic mass is 9.92. The van der Waals surface area contributed by atoms with Gasteiger partial charge < -0.3 is 19.5 Å². The third-order valence-electron chi connectivity index (χ3n) is 7.26. The zero-order valence-electron chi connectivity index (χ0n) is 22.6. The van der Waals surface area contributed by atoms with Crippen molar-refractivity contribution in [2.45, 2.75) is 39.2 Å². The average Bonchev–Trinajstić information content (AvgIpc) is 3.17. The fraction of sp³-hybridized carbons (Fsp3) is 0.419. The molecule has 2 aromatic carbocycles. The first-order chi connectivity index (χ1) is 18.3. The molecule has 2 aliphatic rings. The maximum absolute atomic E-state index is 13.4. The molecule has 0 bridgehead atoms. The number of Topliss-reactive ketones (excluding diaryl/α,β-unsaturated/α-hetero) is 1. The second-order valence-electron chi connectivity index (χ2n) is 10.2. The van der Waals surface area contributed by atoms with Gasteiger partial charge in [0.2, 0.25) is 0 Å². The lowest BCUT2D eigenvalue weighted by molar-refractivity contribution is -0.140. The number of rotatable bonds is 10. The number of amides is 1. The van der Waals surface area contributed by atoms with Crippen LogP contribution in [-0.4, -0.2) is 72.6 Å². The molecule has 38 heavy (non-hydrogen) atoms. The van der Waals surface area contributed by atoms with Gasteiger partial charge in [-0.25, -0.2) is 0 Å². The van der Waals surface area contributed by atoms with Crippen LogP contribution < -0.4 is 4.74 Å². The molecular formula is C31H38N2O5. The molecule has 0 spiro atoms. The van der Waals surface area contributed by atoms with Crippen LogP contribution in [0.5, 0.6) is 5.75 Å². The number of morpholine rings is 1. The van der Waals surface area contributed by atoms with Crippen molar-refractivity contribution in [1.82, 2.24) is 9.80 Å². The van der Waals surface area contributed by atoms with Crippen molar-refractivity contribution in [3.63, 3.8) is 0 Å². The molecular weight excluding hydrogens is 480 g/mol. The van der Waals surface area contributed by atoms with Gasteiger partial charge in [-0.1, -0.05) is 50.8 Å². The van der Waals surface area contributed by atoms with Crippen molar-refractivity contribution in [2.24, 2.45) is 0 Å². The minimum Gasteiger partial charge on any atom is -0.507 e. The Labute approximate surface area is 225 Å². The first kappa shape index (κ1) is 27.6. The van der Waals surface area contributed by atoms with E-state index in [0.717, 1.165) is 37.2 Å². The van der Waals surface area contributed by atoms with E-state index in [1.54, 1.807) is 23.1 Å². The van der Waals surface area contributed by atoms with E-state index in [1.165, 1.54) is 5.56 Å². The van der Waals surface area contributed by atoms with Crippen LogP contribution in [0.15, 0.2) is 60.7 Å². The van der Waals surface area contributed by atoms with Crippen LogP contribution in [0.3, 0.4) is 0 Å². The second kappa shape index (κ2) is 12.4. The minimum absolute atomic E-state index is 0.126. The Bertz CT molecular complexity index is 1200. The van der Waals surface area contributed by atoms with Crippen molar-refractivity contribution >= 4 is 17.4 Å². The average molecular weight is 519 g/mol. The Morgan fingerprint density at radius 1 is 1.13 bits per heavy atom. The van der Waals surface area contributed by atoms with Gasteiger partial charge >= 0.3 is 0 Å². The Hall–Kier alpha value is -3.42. The number of hydrogen-bond donors (Lipinski definition) is 1. The van der Waals surface area contributed by atoms with Gasteiger partial charge in [-0.05, 0) is 54.2 Å². The number of ether oxygens (including phenoxy) is 2. The summed E-state index contributed by atoms with van der Waals surface area (Å²) < 4.78 is 11.0. The summed E-state index contributed by atoms with van der Waals surface area (Å²) in [4.78, 5) is 30.7. The molecule has 2 heterocycles. The lowest BCUT2D eigenvalue weighted by Gasteiger charge is -2.29. The number of ketones is 1. The van der Waals surface area contributed by atoms with Crippen molar-refractivity contribution in [2.75, 3.05) is 46.0 Å². The van der Waals surface area contributed by atoms with E-state index < -0.39 is 17.7 Å². The Kier molecular flexibility index (Phi) is 9.02. The maximum atomic E-state index is 13.4. The standard InChI is InChI=1S/C31H38N2O5/c1-5-17-38-25-11-12-26(22(4)20-25)29(34)27-28(24-9-7-23(8-10-24)21(2)3)33(31(36)30(27)35)14-6-13-32-15-18-37-19-16-32/h5,7-12,20-21,28,34H,1,6,13-19H2,2-4H3. The highest BCUT2D eigenvalue weighted by Gasteiger charge is 2.46. The third kappa shape index (κ3) is 6.00. The van der Waals surface area contributed by atoms with Crippen LogP contribution >= 0.6 is 0 Å². The highest BCUT2D eigenvalue weighted by Crippen LogP contribution is 2.40. The van der Waals surface area contributed by atoms with Gasteiger partial charge in [-0.2, -0.15) is 0 Å². The molecule has 1 amide bonds. The summed E-state index contributed by atoms with van der Waals surface area (Å²) in [6.45, 7) is 14.5. The van der Waals surface area contributed by atoms with Gasteiger partial charge in [0.1, 0.15) is 18.1 Å².